The average molecular weight is 295 g/mol. The van der Waals surface area contributed by atoms with Gasteiger partial charge in [-0.25, -0.2) is 9.59 Å². The third kappa shape index (κ3) is 5.23. The number of amides is 2. The number of esters is 1. The van der Waals surface area contributed by atoms with Gasteiger partial charge in [-0.15, -0.1) is 0 Å². The van der Waals surface area contributed by atoms with Crippen LogP contribution in [0.15, 0.2) is 24.3 Å². The van der Waals surface area contributed by atoms with Gasteiger partial charge in [0.1, 0.15) is 0 Å². The molecule has 0 radical (unpaired) electrons. The molecular weight excluding hydrogens is 278 g/mol. The Balaban J connectivity index is 2.65. The number of hydrogen-bond donors (Lipinski definition) is 1. The molecule has 0 unspecified atom stereocenters. The fourth-order valence-electron chi connectivity index (χ4n) is 1.49. The van der Waals surface area contributed by atoms with Crippen LogP contribution >= 0.6 is 0 Å². The first-order valence-electron chi connectivity index (χ1n) is 6.15. The molecule has 0 bridgehead atoms. The molecule has 1 aromatic carbocycles. The lowest BCUT2D eigenvalue weighted by Gasteiger charge is -2.12. The van der Waals surface area contributed by atoms with Crippen molar-refractivity contribution in [2.75, 3.05) is 14.2 Å². The number of ether oxygens (including phenoxy) is 3. The number of carbonyl (C=O) groups excluding carboxylic acids is 3. The maximum Gasteiger partial charge on any atom is 0.413 e. The highest BCUT2D eigenvalue weighted by Crippen LogP contribution is 2.09. The van der Waals surface area contributed by atoms with E-state index in [-0.39, 0.29) is 0 Å². The molecular formula is C14H17NO6. The average Bonchev–Trinajstić information content (AvgIpc) is 2.47. The standard InChI is InChI=1S/C14H17NO6/c1-9(12(16)15-14(18)20-3)21-13(17)11-6-4-5-10(7-11)8-19-2/h4-7,9H,8H2,1-3H3,(H,15,16,18)/t9-/m1/s1. The fourth-order valence-corrected chi connectivity index (χ4v) is 1.49. The zero-order valence-electron chi connectivity index (χ0n) is 12.0. The quantitative estimate of drug-likeness (QED) is 0.822. The van der Waals surface area contributed by atoms with Crippen molar-refractivity contribution < 1.29 is 28.6 Å². The van der Waals surface area contributed by atoms with Crippen LogP contribution in [-0.2, 0) is 25.6 Å². The number of rotatable bonds is 5. The summed E-state index contributed by atoms with van der Waals surface area (Å²) in [7, 11) is 2.67. The lowest BCUT2D eigenvalue weighted by molar-refractivity contribution is -0.128. The Morgan fingerprint density at radius 3 is 2.57 bits per heavy atom. The van der Waals surface area contributed by atoms with Gasteiger partial charge in [-0.3, -0.25) is 10.1 Å². The molecule has 21 heavy (non-hydrogen) atoms. The van der Waals surface area contributed by atoms with E-state index in [2.05, 4.69) is 4.74 Å². The van der Waals surface area contributed by atoms with Gasteiger partial charge in [-0.05, 0) is 24.6 Å². The molecule has 0 saturated carbocycles. The van der Waals surface area contributed by atoms with E-state index >= 15 is 0 Å². The van der Waals surface area contributed by atoms with Crippen molar-refractivity contribution in [2.24, 2.45) is 0 Å². The minimum atomic E-state index is -1.12. The summed E-state index contributed by atoms with van der Waals surface area (Å²) in [4.78, 5) is 34.3. The summed E-state index contributed by atoms with van der Waals surface area (Å²) in [6, 6.07) is 6.65. The lowest BCUT2D eigenvalue weighted by atomic mass is 10.1. The van der Waals surface area contributed by atoms with Crippen molar-refractivity contribution >= 4 is 18.0 Å². The second-order valence-corrected chi connectivity index (χ2v) is 4.16. The highest BCUT2D eigenvalue weighted by Gasteiger charge is 2.21. The Kier molecular flexibility index (Phi) is 6.35. The molecule has 0 aliphatic rings. The molecule has 0 spiro atoms. The second kappa shape index (κ2) is 8.01. The van der Waals surface area contributed by atoms with Crippen LogP contribution in [0.4, 0.5) is 4.79 Å². The smallest absolute Gasteiger partial charge is 0.413 e. The first kappa shape index (κ1) is 16.6. The number of nitrogens with one attached hydrogen (secondary N) is 1. The molecule has 0 saturated heterocycles. The third-order valence-electron chi connectivity index (χ3n) is 2.54. The van der Waals surface area contributed by atoms with E-state index in [1.54, 1.807) is 31.4 Å². The summed E-state index contributed by atoms with van der Waals surface area (Å²) in [5, 5.41) is 1.92. The van der Waals surface area contributed by atoms with Crippen LogP contribution < -0.4 is 5.32 Å². The Labute approximate surface area is 122 Å². The maximum absolute atomic E-state index is 11.9. The van der Waals surface area contributed by atoms with E-state index in [1.807, 2.05) is 5.32 Å². The van der Waals surface area contributed by atoms with Gasteiger partial charge in [0.25, 0.3) is 5.91 Å². The largest absolute Gasteiger partial charge is 0.453 e. The predicted molar refractivity (Wildman–Crippen MR) is 72.6 cm³/mol. The Bertz CT molecular complexity index is 528. The molecule has 1 atom stereocenters. The van der Waals surface area contributed by atoms with Gasteiger partial charge in [-0.1, -0.05) is 12.1 Å². The topological polar surface area (TPSA) is 90.9 Å². The molecule has 7 nitrogen and oxygen atoms in total. The number of methoxy groups -OCH3 is 2. The van der Waals surface area contributed by atoms with Crippen LogP contribution in [0.5, 0.6) is 0 Å². The molecule has 1 aromatic rings. The minimum Gasteiger partial charge on any atom is -0.453 e. The van der Waals surface area contributed by atoms with Crippen LogP contribution in [0.3, 0.4) is 0 Å². The van der Waals surface area contributed by atoms with Crippen LogP contribution in [0.25, 0.3) is 0 Å². The van der Waals surface area contributed by atoms with Crippen molar-refractivity contribution in [3.05, 3.63) is 35.4 Å². The summed E-state index contributed by atoms with van der Waals surface area (Å²) in [6.07, 6.45) is -2.03. The molecule has 0 aliphatic heterocycles. The zero-order chi connectivity index (χ0) is 15.8. The Hall–Kier alpha value is -2.41. The van der Waals surface area contributed by atoms with Gasteiger partial charge in [0, 0.05) is 7.11 Å². The van der Waals surface area contributed by atoms with E-state index in [0.29, 0.717) is 12.2 Å². The molecule has 0 aromatic heterocycles. The highest BCUT2D eigenvalue weighted by atomic mass is 16.6. The van der Waals surface area contributed by atoms with Crippen molar-refractivity contribution in [1.29, 1.82) is 0 Å². The summed E-state index contributed by atoms with van der Waals surface area (Å²) in [6.45, 7) is 1.72. The molecule has 0 aliphatic carbocycles. The highest BCUT2D eigenvalue weighted by molar-refractivity contribution is 5.97. The lowest BCUT2D eigenvalue weighted by Crippen LogP contribution is -2.39. The van der Waals surface area contributed by atoms with Gasteiger partial charge in [0.05, 0.1) is 19.3 Å². The summed E-state index contributed by atoms with van der Waals surface area (Å²) >= 11 is 0. The molecule has 0 heterocycles. The van der Waals surface area contributed by atoms with Crippen LogP contribution in [0, 0.1) is 0 Å². The Morgan fingerprint density at radius 1 is 1.24 bits per heavy atom. The number of carbonyl (C=O) groups is 3. The van der Waals surface area contributed by atoms with E-state index < -0.39 is 24.1 Å². The van der Waals surface area contributed by atoms with E-state index in [9.17, 15) is 14.4 Å². The fraction of sp³-hybridized carbons (Fsp3) is 0.357. The summed E-state index contributed by atoms with van der Waals surface area (Å²) < 4.78 is 14.2. The molecule has 2 amide bonds. The zero-order valence-corrected chi connectivity index (χ0v) is 12.0. The third-order valence-corrected chi connectivity index (χ3v) is 2.54. The normalized spacial score (nSPS) is 11.4. The van der Waals surface area contributed by atoms with Gasteiger partial charge in [-0.2, -0.15) is 0 Å². The van der Waals surface area contributed by atoms with Crippen LogP contribution in [-0.4, -0.2) is 38.3 Å². The maximum atomic E-state index is 11.9. The minimum absolute atomic E-state index is 0.294. The van der Waals surface area contributed by atoms with Gasteiger partial charge >= 0.3 is 12.1 Å². The molecule has 7 heteroatoms. The van der Waals surface area contributed by atoms with E-state index in [4.69, 9.17) is 9.47 Å². The first-order chi connectivity index (χ1) is 9.97. The summed E-state index contributed by atoms with van der Waals surface area (Å²) in [5.41, 5.74) is 1.10. The van der Waals surface area contributed by atoms with Crippen molar-refractivity contribution in [2.45, 2.75) is 19.6 Å². The van der Waals surface area contributed by atoms with Gasteiger partial charge in [0.15, 0.2) is 6.10 Å². The van der Waals surface area contributed by atoms with Crippen LogP contribution in [0.2, 0.25) is 0 Å². The van der Waals surface area contributed by atoms with Gasteiger partial charge < -0.3 is 14.2 Å². The number of benzene rings is 1. The molecule has 114 valence electrons. The number of hydrogen-bond acceptors (Lipinski definition) is 6. The van der Waals surface area contributed by atoms with E-state index in [0.717, 1.165) is 12.7 Å². The summed E-state index contributed by atoms with van der Waals surface area (Å²) in [5.74, 6) is -1.43. The van der Waals surface area contributed by atoms with Crippen molar-refractivity contribution in [3.63, 3.8) is 0 Å². The second-order valence-electron chi connectivity index (χ2n) is 4.16. The molecule has 0 fully saturated rings. The van der Waals surface area contributed by atoms with E-state index in [1.165, 1.54) is 6.92 Å². The number of imide groups is 1. The van der Waals surface area contributed by atoms with Crippen LogP contribution in [0.1, 0.15) is 22.8 Å². The predicted octanol–water partition coefficient (Wildman–Crippen LogP) is 1.26. The Morgan fingerprint density at radius 2 is 1.95 bits per heavy atom. The van der Waals surface area contributed by atoms with Crippen molar-refractivity contribution in [1.82, 2.24) is 5.32 Å². The van der Waals surface area contributed by atoms with Crippen molar-refractivity contribution in [3.8, 4) is 0 Å². The molecule has 1 rings (SSSR count). The SMILES string of the molecule is COCc1cccc(C(=O)O[C@H](C)C(=O)NC(=O)OC)c1. The van der Waals surface area contributed by atoms with Gasteiger partial charge in [0.2, 0.25) is 0 Å². The first-order valence-corrected chi connectivity index (χ1v) is 6.15. The molecule has 1 N–H and O–H groups in total. The number of alkyl carbamates (subject to hydrolysis) is 1. The monoisotopic (exact) mass is 295 g/mol.